The summed E-state index contributed by atoms with van der Waals surface area (Å²) in [7, 11) is 1.55. The van der Waals surface area contributed by atoms with Crippen molar-refractivity contribution in [3.05, 3.63) is 54.4 Å². The summed E-state index contributed by atoms with van der Waals surface area (Å²) in [4.78, 5) is 30.5. The molecule has 0 amide bonds. The zero-order valence-electron chi connectivity index (χ0n) is 21.3. The number of hydrogen-bond donors (Lipinski definition) is 0. The van der Waals surface area contributed by atoms with Crippen LogP contribution in [0.15, 0.2) is 37.3 Å². The smallest absolute Gasteiger partial charge is 0.434 e. The molecule has 0 radical (unpaired) electrons. The van der Waals surface area contributed by atoms with Crippen molar-refractivity contribution >= 4 is 11.0 Å². The number of hydrogen-bond acceptors (Lipinski definition) is 9. The van der Waals surface area contributed by atoms with E-state index < -0.39 is 11.9 Å². The molecule has 0 unspecified atom stereocenters. The Labute approximate surface area is 220 Å². The molecular formula is C25H23F3N10O. The summed E-state index contributed by atoms with van der Waals surface area (Å²) in [6.07, 6.45) is 6.24. The maximum Gasteiger partial charge on any atom is 0.434 e. The Kier molecular flexibility index (Phi) is 5.96. The summed E-state index contributed by atoms with van der Waals surface area (Å²) in [6.45, 7) is 3.78. The predicted molar refractivity (Wildman–Crippen MR) is 133 cm³/mol. The largest absolute Gasteiger partial charge is 0.480 e. The SMILES string of the molecule is COc1ncnc(C2CC2)c1-c1ncc2cnn(Cc3cnc(-c4nc(C(F)(F)F)cn4C(C)C)cn3)c2n1. The predicted octanol–water partition coefficient (Wildman–Crippen LogP) is 4.47. The van der Waals surface area contributed by atoms with Gasteiger partial charge in [-0.05, 0) is 26.7 Å². The topological polar surface area (TPSA) is 122 Å². The molecule has 0 N–H and O–H groups in total. The van der Waals surface area contributed by atoms with Crippen molar-refractivity contribution < 1.29 is 17.9 Å². The zero-order chi connectivity index (χ0) is 27.3. The highest BCUT2D eigenvalue weighted by atomic mass is 19.4. The van der Waals surface area contributed by atoms with Crippen LogP contribution in [-0.2, 0) is 12.7 Å². The molecule has 5 heterocycles. The molecule has 0 spiro atoms. The van der Waals surface area contributed by atoms with E-state index in [0.29, 0.717) is 34.5 Å². The zero-order valence-corrected chi connectivity index (χ0v) is 21.3. The Bertz CT molecular complexity index is 1660. The van der Waals surface area contributed by atoms with Gasteiger partial charge in [-0.2, -0.15) is 18.3 Å². The van der Waals surface area contributed by atoms with E-state index in [-0.39, 0.29) is 24.1 Å². The van der Waals surface area contributed by atoms with Crippen LogP contribution in [0.25, 0.3) is 33.9 Å². The first-order valence-corrected chi connectivity index (χ1v) is 12.3. The van der Waals surface area contributed by atoms with E-state index in [2.05, 4.69) is 35.0 Å². The van der Waals surface area contributed by atoms with Crippen molar-refractivity contribution in [2.75, 3.05) is 7.11 Å². The Balaban J connectivity index is 1.32. The fraction of sp³-hybridized carbons (Fsp3) is 0.360. The third kappa shape index (κ3) is 4.66. The molecule has 200 valence electrons. The van der Waals surface area contributed by atoms with Crippen molar-refractivity contribution in [2.45, 2.75) is 51.4 Å². The van der Waals surface area contributed by atoms with E-state index >= 15 is 0 Å². The molecule has 1 saturated carbocycles. The molecule has 0 saturated heterocycles. The lowest BCUT2D eigenvalue weighted by Gasteiger charge is -2.11. The molecular weight excluding hydrogens is 513 g/mol. The molecule has 5 aromatic rings. The van der Waals surface area contributed by atoms with Gasteiger partial charge in [0.15, 0.2) is 23.0 Å². The van der Waals surface area contributed by atoms with Gasteiger partial charge >= 0.3 is 6.18 Å². The number of rotatable bonds is 7. The summed E-state index contributed by atoms with van der Waals surface area (Å²) in [6, 6.07) is -0.247. The molecule has 6 rings (SSSR count). The molecule has 0 aliphatic heterocycles. The van der Waals surface area contributed by atoms with E-state index in [9.17, 15) is 13.2 Å². The van der Waals surface area contributed by atoms with Crippen LogP contribution in [-0.4, -0.2) is 56.3 Å². The Morgan fingerprint density at radius 1 is 1.00 bits per heavy atom. The second-order valence-corrected chi connectivity index (χ2v) is 9.53. The van der Waals surface area contributed by atoms with Crippen LogP contribution in [0.4, 0.5) is 13.2 Å². The summed E-state index contributed by atoms with van der Waals surface area (Å²) in [5, 5.41) is 5.16. The minimum absolute atomic E-state index is 0.101. The van der Waals surface area contributed by atoms with Gasteiger partial charge in [-0.15, -0.1) is 0 Å². The van der Waals surface area contributed by atoms with E-state index in [1.807, 2.05) is 0 Å². The van der Waals surface area contributed by atoms with Gasteiger partial charge in [-0.25, -0.2) is 34.6 Å². The number of aromatic nitrogens is 10. The molecule has 1 aliphatic rings. The van der Waals surface area contributed by atoms with Crippen LogP contribution < -0.4 is 4.74 Å². The molecule has 1 fully saturated rings. The van der Waals surface area contributed by atoms with Crippen LogP contribution in [0.3, 0.4) is 0 Å². The number of alkyl halides is 3. The van der Waals surface area contributed by atoms with E-state index in [1.165, 1.54) is 23.3 Å². The first-order valence-electron chi connectivity index (χ1n) is 12.3. The lowest BCUT2D eigenvalue weighted by molar-refractivity contribution is -0.140. The molecule has 14 heteroatoms. The lowest BCUT2D eigenvalue weighted by Crippen LogP contribution is -2.07. The molecule has 0 aromatic carbocycles. The normalized spacial score (nSPS) is 13.9. The Morgan fingerprint density at radius 2 is 1.82 bits per heavy atom. The monoisotopic (exact) mass is 536 g/mol. The van der Waals surface area contributed by atoms with Gasteiger partial charge < -0.3 is 9.30 Å². The maximum atomic E-state index is 13.3. The second-order valence-electron chi connectivity index (χ2n) is 9.53. The average Bonchev–Trinajstić information content (AvgIpc) is 3.53. The molecule has 0 atom stereocenters. The minimum Gasteiger partial charge on any atom is -0.480 e. The minimum atomic E-state index is -4.56. The molecule has 11 nitrogen and oxygen atoms in total. The van der Waals surface area contributed by atoms with Crippen molar-refractivity contribution in [3.63, 3.8) is 0 Å². The quantitative estimate of drug-likeness (QED) is 0.296. The van der Waals surface area contributed by atoms with Crippen molar-refractivity contribution in [1.29, 1.82) is 0 Å². The molecule has 39 heavy (non-hydrogen) atoms. The first-order chi connectivity index (χ1) is 18.7. The third-order valence-corrected chi connectivity index (χ3v) is 6.42. The molecule has 1 aliphatic carbocycles. The summed E-state index contributed by atoms with van der Waals surface area (Å²) < 4.78 is 48.4. The van der Waals surface area contributed by atoms with E-state index in [1.54, 1.807) is 38.0 Å². The summed E-state index contributed by atoms with van der Waals surface area (Å²) in [5.74, 6) is 1.27. The van der Waals surface area contributed by atoms with Gasteiger partial charge in [0.05, 0.1) is 49.0 Å². The van der Waals surface area contributed by atoms with Gasteiger partial charge in [0, 0.05) is 24.4 Å². The van der Waals surface area contributed by atoms with E-state index in [0.717, 1.165) is 30.1 Å². The van der Waals surface area contributed by atoms with Crippen LogP contribution in [0, 0.1) is 0 Å². The lowest BCUT2D eigenvalue weighted by atomic mass is 10.1. The highest BCUT2D eigenvalue weighted by molar-refractivity contribution is 5.77. The van der Waals surface area contributed by atoms with E-state index in [4.69, 9.17) is 9.72 Å². The highest BCUT2D eigenvalue weighted by Crippen LogP contribution is 2.44. The molecule has 5 aromatic heterocycles. The standard InChI is InChI=1S/C25H23F3N10O/c1-13(2)37-11-18(25(26,27)28)35-23(37)17-9-29-16(8-30-17)10-38-22-15(7-34-38)6-31-21(36-22)19-20(14-4-5-14)32-12-33-24(19)39-3/h6-9,11-14H,4-5,10H2,1-3H3. The Morgan fingerprint density at radius 3 is 2.49 bits per heavy atom. The van der Waals surface area contributed by atoms with Crippen LogP contribution in [0.5, 0.6) is 5.88 Å². The number of nitrogens with zero attached hydrogens (tertiary/aromatic N) is 10. The number of halogens is 3. The van der Waals surface area contributed by atoms with Crippen LogP contribution in [0.2, 0.25) is 0 Å². The first kappa shape index (κ1) is 24.8. The fourth-order valence-electron chi connectivity index (χ4n) is 4.33. The number of imidazole rings is 1. The number of methoxy groups -OCH3 is 1. The van der Waals surface area contributed by atoms with Gasteiger partial charge in [0.1, 0.15) is 17.6 Å². The highest BCUT2D eigenvalue weighted by Gasteiger charge is 2.35. The van der Waals surface area contributed by atoms with Crippen molar-refractivity contribution in [1.82, 2.24) is 49.2 Å². The van der Waals surface area contributed by atoms with Crippen LogP contribution >= 0.6 is 0 Å². The van der Waals surface area contributed by atoms with Crippen molar-refractivity contribution in [2.24, 2.45) is 0 Å². The number of ether oxygens (including phenoxy) is 1. The van der Waals surface area contributed by atoms with Gasteiger partial charge in [-0.1, -0.05) is 0 Å². The summed E-state index contributed by atoms with van der Waals surface area (Å²) in [5.41, 5.74) is 1.91. The maximum absolute atomic E-state index is 13.3. The Hall–Kier alpha value is -4.49. The van der Waals surface area contributed by atoms with Gasteiger partial charge in [0.25, 0.3) is 0 Å². The second kappa shape index (κ2) is 9.36. The average molecular weight is 537 g/mol. The number of fused-ring (bicyclic) bond motifs is 1. The fourth-order valence-corrected chi connectivity index (χ4v) is 4.33. The van der Waals surface area contributed by atoms with Crippen molar-refractivity contribution in [3.8, 4) is 28.8 Å². The third-order valence-electron chi connectivity index (χ3n) is 6.42. The van der Waals surface area contributed by atoms with Crippen LogP contribution in [0.1, 0.15) is 55.7 Å². The summed E-state index contributed by atoms with van der Waals surface area (Å²) >= 11 is 0. The van der Waals surface area contributed by atoms with Gasteiger partial charge in [-0.3, -0.25) is 4.98 Å². The van der Waals surface area contributed by atoms with Gasteiger partial charge in [0.2, 0.25) is 5.88 Å². The molecule has 0 bridgehead atoms.